The largest absolute Gasteiger partial charge is 0.495 e. The van der Waals surface area contributed by atoms with Crippen molar-refractivity contribution in [2.45, 2.75) is 17.1 Å². The van der Waals surface area contributed by atoms with Gasteiger partial charge in [0.15, 0.2) is 0 Å². The summed E-state index contributed by atoms with van der Waals surface area (Å²) in [6.45, 7) is 0. The van der Waals surface area contributed by atoms with Crippen LogP contribution in [0.25, 0.3) is 0 Å². The Morgan fingerprint density at radius 2 is 1.71 bits per heavy atom. The topological polar surface area (TPSA) is 63.6 Å². The second-order valence-electron chi connectivity index (χ2n) is 4.53. The molecule has 0 fully saturated rings. The number of rotatable bonds is 6. The highest BCUT2D eigenvalue weighted by Crippen LogP contribution is 2.23. The van der Waals surface area contributed by atoms with Crippen LogP contribution in [-0.2, 0) is 27.8 Å². The van der Waals surface area contributed by atoms with E-state index in [4.69, 9.17) is 9.84 Å². The normalized spacial score (nSPS) is 11.9. The number of hydrogen-bond donors (Lipinski definition) is 1. The highest BCUT2D eigenvalue weighted by Gasteiger charge is 2.10. The molecule has 0 bridgehead atoms. The zero-order valence-corrected chi connectivity index (χ0v) is 12.4. The molecule has 2 aromatic carbocycles. The van der Waals surface area contributed by atoms with Crippen molar-refractivity contribution in [2.24, 2.45) is 0 Å². The average Bonchev–Trinajstić information content (AvgIpc) is 2.48. The number of carbonyl (C=O) groups is 1. The fourth-order valence-electron chi connectivity index (χ4n) is 1.96. The van der Waals surface area contributed by atoms with Crippen LogP contribution in [-0.4, -0.2) is 22.4 Å². The molecule has 21 heavy (non-hydrogen) atoms. The first-order valence-corrected chi connectivity index (χ1v) is 7.73. The Kier molecular flexibility index (Phi) is 5.11. The molecule has 0 amide bonds. The molecule has 1 N–H and O–H groups in total. The minimum atomic E-state index is -1.20. The van der Waals surface area contributed by atoms with Crippen molar-refractivity contribution in [3.05, 3.63) is 59.7 Å². The second-order valence-corrected chi connectivity index (χ2v) is 5.95. The van der Waals surface area contributed by atoms with Crippen LogP contribution in [0.3, 0.4) is 0 Å². The smallest absolute Gasteiger partial charge is 0.307 e. The lowest BCUT2D eigenvalue weighted by Gasteiger charge is -2.08. The maximum Gasteiger partial charge on any atom is 0.307 e. The van der Waals surface area contributed by atoms with Crippen molar-refractivity contribution < 1.29 is 18.8 Å². The summed E-state index contributed by atoms with van der Waals surface area (Å²) < 4.78 is 17.6. The fraction of sp³-hybridized carbons (Fsp3) is 0.188. The summed E-state index contributed by atoms with van der Waals surface area (Å²) in [5.74, 6) is 0.118. The Morgan fingerprint density at radius 3 is 2.33 bits per heavy atom. The number of carboxylic acids is 1. The Morgan fingerprint density at radius 1 is 1.10 bits per heavy atom. The summed E-state index contributed by atoms with van der Waals surface area (Å²) >= 11 is 0. The van der Waals surface area contributed by atoms with Gasteiger partial charge in [-0.25, -0.2) is 0 Å². The van der Waals surface area contributed by atoms with Gasteiger partial charge in [0.25, 0.3) is 0 Å². The van der Waals surface area contributed by atoms with Crippen molar-refractivity contribution in [1.82, 2.24) is 0 Å². The van der Waals surface area contributed by atoms with E-state index in [1.165, 1.54) is 0 Å². The van der Waals surface area contributed by atoms with Crippen LogP contribution in [0.5, 0.6) is 5.75 Å². The number of aliphatic carboxylic acids is 1. The van der Waals surface area contributed by atoms with Crippen molar-refractivity contribution >= 4 is 16.8 Å². The summed E-state index contributed by atoms with van der Waals surface area (Å²) in [4.78, 5) is 11.3. The molecule has 2 rings (SSSR count). The van der Waals surface area contributed by atoms with Gasteiger partial charge in [0.1, 0.15) is 5.75 Å². The molecule has 0 heterocycles. The number of methoxy groups -OCH3 is 1. The maximum absolute atomic E-state index is 12.4. The van der Waals surface area contributed by atoms with Crippen molar-refractivity contribution in [1.29, 1.82) is 0 Å². The summed E-state index contributed by atoms with van der Waals surface area (Å²) in [5, 5.41) is 8.73. The molecule has 0 aromatic heterocycles. The quantitative estimate of drug-likeness (QED) is 0.891. The highest BCUT2D eigenvalue weighted by molar-refractivity contribution is 7.84. The van der Waals surface area contributed by atoms with E-state index >= 15 is 0 Å². The zero-order chi connectivity index (χ0) is 15.2. The first-order valence-electron chi connectivity index (χ1n) is 6.41. The molecule has 0 radical (unpaired) electrons. The third kappa shape index (κ3) is 4.16. The van der Waals surface area contributed by atoms with Gasteiger partial charge in [0, 0.05) is 0 Å². The third-order valence-electron chi connectivity index (χ3n) is 2.99. The molecule has 1 unspecified atom stereocenters. The zero-order valence-electron chi connectivity index (χ0n) is 11.6. The van der Waals surface area contributed by atoms with Crippen LogP contribution in [0.15, 0.2) is 53.4 Å². The fourth-order valence-corrected chi connectivity index (χ4v) is 3.22. The summed E-state index contributed by atoms with van der Waals surface area (Å²) in [6, 6.07) is 14.4. The molecule has 4 nitrogen and oxygen atoms in total. The molecule has 5 heteroatoms. The van der Waals surface area contributed by atoms with Gasteiger partial charge < -0.3 is 9.84 Å². The van der Waals surface area contributed by atoms with Crippen LogP contribution in [0.2, 0.25) is 0 Å². The number of hydrogen-bond acceptors (Lipinski definition) is 3. The maximum atomic E-state index is 12.4. The van der Waals surface area contributed by atoms with Crippen molar-refractivity contribution in [3.63, 3.8) is 0 Å². The van der Waals surface area contributed by atoms with Crippen LogP contribution in [0.4, 0.5) is 0 Å². The molecule has 0 saturated heterocycles. The molecule has 1 atom stereocenters. The molecular weight excluding hydrogens is 288 g/mol. The lowest BCUT2D eigenvalue weighted by atomic mass is 10.1. The van der Waals surface area contributed by atoms with E-state index in [-0.39, 0.29) is 6.42 Å². The van der Waals surface area contributed by atoms with Crippen molar-refractivity contribution in [3.8, 4) is 5.75 Å². The van der Waals surface area contributed by atoms with E-state index in [0.29, 0.717) is 16.4 Å². The Labute approximate surface area is 125 Å². The summed E-state index contributed by atoms with van der Waals surface area (Å²) in [6.07, 6.45) is -0.00409. The van der Waals surface area contributed by atoms with Gasteiger partial charge in [-0.15, -0.1) is 0 Å². The van der Waals surface area contributed by atoms with Gasteiger partial charge in [0.05, 0.1) is 35.0 Å². The number of benzene rings is 2. The van der Waals surface area contributed by atoms with Crippen molar-refractivity contribution in [2.75, 3.05) is 7.11 Å². The van der Waals surface area contributed by atoms with E-state index in [9.17, 15) is 9.00 Å². The molecule has 2 aromatic rings. The van der Waals surface area contributed by atoms with Crippen LogP contribution < -0.4 is 4.74 Å². The van der Waals surface area contributed by atoms with Gasteiger partial charge in [0.2, 0.25) is 0 Å². The van der Waals surface area contributed by atoms with Gasteiger partial charge in [-0.1, -0.05) is 36.4 Å². The van der Waals surface area contributed by atoms with Gasteiger partial charge in [-0.05, 0) is 23.3 Å². The molecule has 0 aliphatic carbocycles. The molecule has 0 aliphatic heterocycles. The predicted molar refractivity (Wildman–Crippen MR) is 80.9 cm³/mol. The Bertz CT molecular complexity index is 650. The average molecular weight is 304 g/mol. The monoisotopic (exact) mass is 304 g/mol. The van der Waals surface area contributed by atoms with Crippen LogP contribution >= 0.6 is 0 Å². The van der Waals surface area contributed by atoms with E-state index < -0.39 is 16.8 Å². The Balaban J connectivity index is 2.10. The van der Waals surface area contributed by atoms with E-state index in [0.717, 1.165) is 11.1 Å². The summed E-state index contributed by atoms with van der Waals surface area (Å²) in [5.41, 5.74) is 1.63. The third-order valence-corrected chi connectivity index (χ3v) is 4.41. The summed E-state index contributed by atoms with van der Waals surface area (Å²) in [7, 11) is 0.348. The van der Waals surface area contributed by atoms with E-state index in [1.54, 1.807) is 31.4 Å². The minimum absolute atomic E-state index is 0.00409. The molecular formula is C16H16O4S. The Hall–Kier alpha value is -2.14. The molecule has 0 aliphatic rings. The van der Waals surface area contributed by atoms with Gasteiger partial charge in [-0.3, -0.25) is 9.00 Å². The number of carboxylic acid groups (broad SMARTS) is 1. The number of para-hydroxylation sites is 1. The van der Waals surface area contributed by atoms with E-state index in [2.05, 4.69) is 0 Å². The lowest BCUT2D eigenvalue weighted by Crippen LogP contribution is -2.01. The van der Waals surface area contributed by atoms with E-state index in [1.807, 2.05) is 24.3 Å². The van der Waals surface area contributed by atoms with Gasteiger partial charge >= 0.3 is 5.97 Å². The molecule has 0 spiro atoms. The number of ether oxygens (including phenoxy) is 1. The second kappa shape index (κ2) is 7.04. The van der Waals surface area contributed by atoms with Crippen LogP contribution in [0, 0.1) is 0 Å². The lowest BCUT2D eigenvalue weighted by molar-refractivity contribution is -0.136. The SMILES string of the molecule is COc1ccccc1S(=O)Cc1ccc(CC(=O)O)cc1. The van der Waals surface area contributed by atoms with Crippen LogP contribution in [0.1, 0.15) is 11.1 Å². The predicted octanol–water partition coefficient (Wildman–Crippen LogP) is 2.63. The minimum Gasteiger partial charge on any atom is -0.495 e. The first-order chi connectivity index (χ1) is 10.1. The molecule has 110 valence electrons. The molecule has 0 saturated carbocycles. The standard InChI is InChI=1S/C16H16O4S/c1-20-14-4-2-3-5-15(14)21(19)11-13-8-6-12(7-9-13)10-16(17)18/h2-9H,10-11H2,1H3,(H,17,18). The van der Waals surface area contributed by atoms with Gasteiger partial charge in [-0.2, -0.15) is 0 Å². The highest BCUT2D eigenvalue weighted by atomic mass is 32.2. The first kappa shape index (κ1) is 15.3.